The van der Waals surface area contributed by atoms with Crippen molar-refractivity contribution in [2.45, 2.75) is 6.42 Å². The van der Waals surface area contributed by atoms with Crippen LogP contribution in [0.3, 0.4) is 0 Å². The van der Waals surface area contributed by atoms with Gasteiger partial charge in [-0.3, -0.25) is 14.5 Å². The minimum Gasteiger partial charge on any atom is -0.355 e. The number of rotatable bonds is 8. The largest absolute Gasteiger partial charge is 0.355 e. The summed E-state index contributed by atoms with van der Waals surface area (Å²) >= 11 is 5.82. The lowest BCUT2D eigenvalue weighted by molar-refractivity contribution is -0.122. The molecule has 5 nitrogen and oxygen atoms in total. The summed E-state index contributed by atoms with van der Waals surface area (Å²) in [6.07, 6.45) is 0.665. The Morgan fingerprint density at radius 1 is 1.00 bits per heavy atom. The van der Waals surface area contributed by atoms with Crippen molar-refractivity contribution in [3.8, 4) is 0 Å². The van der Waals surface area contributed by atoms with E-state index in [-0.39, 0.29) is 24.7 Å². The van der Waals surface area contributed by atoms with E-state index in [1.54, 1.807) is 19.2 Å². The Hall–Kier alpha value is -2.51. The predicted octanol–water partition coefficient (Wildman–Crippen LogP) is 2.85. The van der Waals surface area contributed by atoms with Gasteiger partial charge in [-0.1, -0.05) is 23.7 Å². The number of halogens is 3. The molecule has 0 aliphatic rings. The van der Waals surface area contributed by atoms with Crippen LogP contribution in [0.1, 0.15) is 5.56 Å². The molecule has 8 heteroatoms. The minimum atomic E-state index is -0.779. The second-order valence-electron chi connectivity index (χ2n) is 6.11. The zero-order valence-corrected chi connectivity index (χ0v) is 15.5. The van der Waals surface area contributed by atoms with Crippen LogP contribution in [0.5, 0.6) is 0 Å². The topological polar surface area (TPSA) is 61.4 Å². The molecule has 27 heavy (non-hydrogen) atoms. The summed E-state index contributed by atoms with van der Waals surface area (Å²) in [7, 11) is 1.60. The number of carbonyl (C=O) groups excluding carboxylic acids is 2. The zero-order chi connectivity index (χ0) is 19.8. The van der Waals surface area contributed by atoms with E-state index in [9.17, 15) is 18.4 Å². The molecule has 0 aliphatic heterocycles. The molecular weight excluding hydrogens is 376 g/mol. The van der Waals surface area contributed by atoms with Crippen LogP contribution in [-0.4, -0.2) is 43.4 Å². The molecule has 0 saturated heterocycles. The van der Waals surface area contributed by atoms with Crippen molar-refractivity contribution >= 4 is 29.1 Å². The molecule has 0 bridgehead atoms. The summed E-state index contributed by atoms with van der Waals surface area (Å²) in [4.78, 5) is 25.3. The van der Waals surface area contributed by atoms with Crippen molar-refractivity contribution in [2.24, 2.45) is 0 Å². The molecular formula is C19H20ClF2N3O2. The first-order valence-electron chi connectivity index (χ1n) is 8.27. The summed E-state index contributed by atoms with van der Waals surface area (Å²) in [6, 6.07) is 10.1. The third-order valence-corrected chi connectivity index (χ3v) is 3.87. The van der Waals surface area contributed by atoms with Crippen molar-refractivity contribution in [1.82, 2.24) is 10.2 Å². The number of benzene rings is 2. The molecule has 0 unspecified atom stereocenters. The normalized spacial score (nSPS) is 10.7. The standard InChI is InChI=1S/C19H20ClF2N3O2/c1-25(12-19(27)24-17-9-15(21)8-16(22)10-17)11-18(26)23-7-6-13-2-4-14(20)5-3-13/h2-5,8-10H,6-7,11-12H2,1H3,(H,23,26)(H,24,27). The van der Waals surface area contributed by atoms with E-state index in [4.69, 9.17) is 11.6 Å². The number of hydrogen-bond donors (Lipinski definition) is 2. The van der Waals surface area contributed by atoms with Crippen LogP contribution < -0.4 is 10.6 Å². The lowest BCUT2D eigenvalue weighted by atomic mass is 10.1. The smallest absolute Gasteiger partial charge is 0.238 e. The molecule has 0 atom stereocenters. The van der Waals surface area contributed by atoms with Crippen molar-refractivity contribution in [3.63, 3.8) is 0 Å². The molecule has 2 amide bonds. The van der Waals surface area contributed by atoms with E-state index in [1.807, 2.05) is 12.1 Å². The van der Waals surface area contributed by atoms with E-state index >= 15 is 0 Å². The second-order valence-corrected chi connectivity index (χ2v) is 6.54. The fourth-order valence-corrected chi connectivity index (χ4v) is 2.55. The molecule has 2 aromatic carbocycles. The van der Waals surface area contributed by atoms with Crippen LogP contribution in [-0.2, 0) is 16.0 Å². The molecule has 2 N–H and O–H groups in total. The molecule has 0 radical (unpaired) electrons. The van der Waals surface area contributed by atoms with Gasteiger partial charge in [0, 0.05) is 23.3 Å². The van der Waals surface area contributed by atoms with E-state index in [1.165, 1.54) is 4.90 Å². The number of anilines is 1. The molecule has 0 spiro atoms. The highest BCUT2D eigenvalue weighted by atomic mass is 35.5. The average molecular weight is 396 g/mol. The molecule has 0 aliphatic carbocycles. The lowest BCUT2D eigenvalue weighted by Gasteiger charge is -2.16. The van der Waals surface area contributed by atoms with Gasteiger partial charge >= 0.3 is 0 Å². The number of nitrogens with one attached hydrogen (secondary N) is 2. The highest BCUT2D eigenvalue weighted by Crippen LogP contribution is 2.12. The number of carbonyl (C=O) groups is 2. The monoisotopic (exact) mass is 395 g/mol. The molecule has 144 valence electrons. The predicted molar refractivity (Wildman–Crippen MR) is 101 cm³/mol. The van der Waals surface area contributed by atoms with E-state index in [0.717, 1.165) is 23.8 Å². The zero-order valence-electron chi connectivity index (χ0n) is 14.8. The van der Waals surface area contributed by atoms with Gasteiger partial charge in [0.05, 0.1) is 13.1 Å². The number of hydrogen-bond acceptors (Lipinski definition) is 3. The van der Waals surface area contributed by atoms with Crippen LogP contribution in [0, 0.1) is 11.6 Å². The first-order valence-corrected chi connectivity index (χ1v) is 8.65. The summed E-state index contributed by atoms with van der Waals surface area (Å²) in [6.45, 7) is 0.386. The Balaban J connectivity index is 1.70. The maximum atomic E-state index is 13.1. The second kappa shape index (κ2) is 9.99. The summed E-state index contributed by atoms with van der Waals surface area (Å²) < 4.78 is 26.2. The molecule has 2 aromatic rings. The Labute approximate surface area is 161 Å². The average Bonchev–Trinajstić information content (AvgIpc) is 2.55. The van der Waals surface area contributed by atoms with Crippen molar-refractivity contribution in [1.29, 1.82) is 0 Å². The number of amides is 2. The fraction of sp³-hybridized carbons (Fsp3) is 0.263. The Morgan fingerprint density at radius 3 is 2.22 bits per heavy atom. The van der Waals surface area contributed by atoms with Crippen LogP contribution in [0.2, 0.25) is 5.02 Å². The highest BCUT2D eigenvalue weighted by molar-refractivity contribution is 6.30. The molecule has 0 fully saturated rings. The Kier molecular flexibility index (Phi) is 7.69. The van der Waals surface area contributed by atoms with Gasteiger partial charge in [0.25, 0.3) is 0 Å². The van der Waals surface area contributed by atoms with E-state index in [2.05, 4.69) is 10.6 Å². The molecule has 0 saturated carbocycles. The Bertz CT molecular complexity index is 780. The van der Waals surface area contributed by atoms with Crippen molar-refractivity contribution < 1.29 is 18.4 Å². The van der Waals surface area contributed by atoms with Gasteiger partial charge in [-0.25, -0.2) is 8.78 Å². The third-order valence-electron chi connectivity index (χ3n) is 3.62. The number of nitrogens with zero attached hydrogens (tertiary/aromatic N) is 1. The van der Waals surface area contributed by atoms with Gasteiger partial charge in [0.2, 0.25) is 11.8 Å². The van der Waals surface area contributed by atoms with Crippen LogP contribution >= 0.6 is 11.6 Å². The quantitative estimate of drug-likeness (QED) is 0.722. The molecule has 0 aromatic heterocycles. The third kappa shape index (κ3) is 7.72. The lowest BCUT2D eigenvalue weighted by Crippen LogP contribution is -2.39. The SMILES string of the molecule is CN(CC(=O)NCCc1ccc(Cl)cc1)CC(=O)Nc1cc(F)cc(F)c1. The van der Waals surface area contributed by atoms with Crippen LogP contribution in [0.4, 0.5) is 14.5 Å². The summed E-state index contributed by atoms with van der Waals surface area (Å²) in [5, 5.41) is 5.82. The van der Waals surface area contributed by atoms with Gasteiger partial charge in [0.15, 0.2) is 0 Å². The molecule has 2 rings (SSSR count). The van der Waals surface area contributed by atoms with E-state index in [0.29, 0.717) is 18.0 Å². The Morgan fingerprint density at radius 2 is 1.59 bits per heavy atom. The van der Waals surface area contributed by atoms with Gasteiger partial charge < -0.3 is 10.6 Å². The fourth-order valence-electron chi connectivity index (χ4n) is 2.43. The summed E-state index contributed by atoms with van der Waals surface area (Å²) in [5.74, 6) is -2.26. The van der Waals surface area contributed by atoms with Crippen LogP contribution in [0.15, 0.2) is 42.5 Å². The minimum absolute atomic E-state index is 0.0194. The first-order chi connectivity index (χ1) is 12.8. The van der Waals surface area contributed by atoms with Gasteiger partial charge in [-0.15, -0.1) is 0 Å². The van der Waals surface area contributed by atoms with Crippen molar-refractivity contribution in [2.75, 3.05) is 32.0 Å². The molecule has 0 heterocycles. The van der Waals surface area contributed by atoms with Gasteiger partial charge in [-0.2, -0.15) is 0 Å². The van der Waals surface area contributed by atoms with Crippen LogP contribution in [0.25, 0.3) is 0 Å². The van der Waals surface area contributed by atoms with Gasteiger partial charge in [-0.05, 0) is 43.3 Å². The number of likely N-dealkylation sites (N-methyl/N-ethyl adjacent to an activating group) is 1. The van der Waals surface area contributed by atoms with Crippen molar-refractivity contribution in [3.05, 3.63) is 64.7 Å². The summed E-state index contributed by atoms with van der Waals surface area (Å²) in [5.41, 5.74) is 1.08. The highest BCUT2D eigenvalue weighted by Gasteiger charge is 2.11. The first kappa shape index (κ1) is 20.8. The van der Waals surface area contributed by atoms with Gasteiger partial charge in [0.1, 0.15) is 11.6 Å². The maximum Gasteiger partial charge on any atom is 0.238 e. The van der Waals surface area contributed by atoms with E-state index < -0.39 is 17.5 Å². The maximum absolute atomic E-state index is 13.1.